The zero-order valence-corrected chi connectivity index (χ0v) is 19.0. The Morgan fingerprint density at radius 3 is 2.48 bits per heavy atom. The lowest BCUT2D eigenvalue weighted by Crippen LogP contribution is -2.34. The Kier molecular flexibility index (Phi) is 7.93. The third-order valence-electron chi connectivity index (χ3n) is 5.40. The van der Waals surface area contributed by atoms with Crippen molar-refractivity contribution in [3.8, 4) is 11.1 Å². The monoisotopic (exact) mass is 460 g/mol. The van der Waals surface area contributed by atoms with Crippen molar-refractivity contribution in [1.29, 1.82) is 0 Å². The van der Waals surface area contributed by atoms with Crippen molar-refractivity contribution in [2.24, 2.45) is 0 Å². The fourth-order valence-corrected chi connectivity index (χ4v) is 4.44. The Morgan fingerprint density at radius 2 is 1.70 bits per heavy atom. The maximum Gasteiger partial charge on any atom is 0.106 e. The summed E-state index contributed by atoms with van der Waals surface area (Å²) in [7, 11) is 0. The van der Waals surface area contributed by atoms with Crippen molar-refractivity contribution in [2.75, 3.05) is 25.4 Å². The molecule has 0 fully saturated rings. The van der Waals surface area contributed by atoms with E-state index < -0.39 is 12.2 Å². The van der Waals surface area contributed by atoms with Gasteiger partial charge in [-0.2, -0.15) is 0 Å². The molecule has 7 heteroatoms. The first kappa shape index (κ1) is 23.2. The van der Waals surface area contributed by atoms with E-state index in [1.807, 2.05) is 36.7 Å². The molecule has 0 radical (unpaired) electrons. The zero-order chi connectivity index (χ0) is 23.0. The van der Waals surface area contributed by atoms with E-state index >= 15 is 0 Å². The van der Waals surface area contributed by atoms with Gasteiger partial charge in [-0.05, 0) is 64.4 Å². The summed E-state index contributed by atoms with van der Waals surface area (Å²) in [6.07, 6.45) is 1.84. The standard InChI is InChI=1S/C26H28N4O2S/c27-22-8-6-19(7-9-22)26(32)24(31)17-29-12-13-30-33-25-15-20(18-4-2-1-3-5-18)14-21-16-28-11-10-23(21)25/h1-11,14-16,24,26,29-32H,12-13,17,27H2. The van der Waals surface area contributed by atoms with Crippen molar-refractivity contribution in [1.82, 2.24) is 15.0 Å². The second-order valence-corrected chi connectivity index (χ2v) is 8.75. The average Bonchev–Trinajstić information content (AvgIpc) is 2.86. The first-order valence-corrected chi connectivity index (χ1v) is 11.7. The number of hydrogen-bond donors (Lipinski definition) is 5. The number of benzene rings is 3. The zero-order valence-electron chi connectivity index (χ0n) is 18.2. The van der Waals surface area contributed by atoms with E-state index in [1.165, 1.54) is 5.56 Å². The van der Waals surface area contributed by atoms with Gasteiger partial charge in [0, 0.05) is 48.0 Å². The van der Waals surface area contributed by atoms with Crippen molar-refractivity contribution < 1.29 is 10.2 Å². The molecule has 0 saturated carbocycles. The molecule has 0 aliphatic heterocycles. The molecule has 0 bridgehead atoms. The van der Waals surface area contributed by atoms with Crippen LogP contribution in [0.1, 0.15) is 11.7 Å². The van der Waals surface area contributed by atoms with E-state index in [0.29, 0.717) is 24.3 Å². The molecule has 0 aliphatic carbocycles. The van der Waals surface area contributed by atoms with E-state index in [2.05, 4.69) is 39.3 Å². The van der Waals surface area contributed by atoms with Crippen molar-refractivity contribution in [2.45, 2.75) is 17.1 Å². The van der Waals surface area contributed by atoms with Crippen LogP contribution >= 0.6 is 11.9 Å². The average molecular weight is 461 g/mol. The third kappa shape index (κ3) is 6.10. The highest BCUT2D eigenvalue weighted by Crippen LogP contribution is 2.32. The largest absolute Gasteiger partial charge is 0.399 e. The van der Waals surface area contributed by atoms with E-state index in [-0.39, 0.29) is 6.54 Å². The van der Waals surface area contributed by atoms with Gasteiger partial charge in [0.2, 0.25) is 0 Å². The number of rotatable bonds is 10. The Morgan fingerprint density at radius 1 is 0.909 bits per heavy atom. The van der Waals surface area contributed by atoms with Crippen LogP contribution in [0.5, 0.6) is 0 Å². The van der Waals surface area contributed by atoms with Gasteiger partial charge in [-0.15, -0.1) is 0 Å². The lowest BCUT2D eigenvalue weighted by Gasteiger charge is -2.19. The summed E-state index contributed by atoms with van der Waals surface area (Å²) in [6.45, 7) is 1.63. The highest BCUT2D eigenvalue weighted by molar-refractivity contribution is 7.97. The molecule has 170 valence electrons. The van der Waals surface area contributed by atoms with E-state index in [4.69, 9.17) is 5.73 Å². The molecule has 1 aromatic heterocycles. The molecule has 0 aliphatic rings. The summed E-state index contributed by atoms with van der Waals surface area (Å²) in [5.41, 5.74) is 9.26. The third-order valence-corrected chi connectivity index (χ3v) is 6.31. The quantitative estimate of drug-likeness (QED) is 0.139. The summed E-state index contributed by atoms with van der Waals surface area (Å²) in [6, 6.07) is 23.6. The molecule has 2 unspecified atom stereocenters. The second-order valence-electron chi connectivity index (χ2n) is 7.82. The molecule has 0 spiro atoms. The minimum atomic E-state index is -0.957. The summed E-state index contributed by atoms with van der Waals surface area (Å²) >= 11 is 1.58. The highest BCUT2D eigenvalue weighted by Gasteiger charge is 2.17. The number of aromatic nitrogens is 1. The molecule has 6 N–H and O–H groups in total. The van der Waals surface area contributed by atoms with Crippen LogP contribution < -0.4 is 15.8 Å². The smallest absolute Gasteiger partial charge is 0.106 e. The first-order chi connectivity index (χ1) is 16.1. The van der Waals surface area contributed by atoms with Gasteiger partial charge in [0.25, 0.3) is 0 Å². The van der Waals surface area contributed by atoms with Crippen LogP contribution in [0.2, 0.25) is 0 Å². The van der Waals surface area contributed by atoms with Gasteiger partial charge in [0.15, 0.2) is 0 Å². The maximum atomic E-state index is 10.3. The summed E-state index contributed by atoms with van der Waals surface area (Å²) in [4.78, 5) is 5.41. The number of anilines is 1. The van der Waals surface area contributed by atoms with Gasteiger partial charge in [0.1, 0.15) is 6.10 Å². The van der Waals surface area contributed by atoms with Crippen LogP contribution in [0.3, 0.4) is 0 Å². The highest BCUT2D eigenvalue weighted by atomic mass is 32.2. The van der Waals surface area contributed by atoms with E-state index in [0.717, 1.165) is 21.2 Å². The topological polar surface area (TPSA) is 103 Å². The predicted octanol–water partition coefficient (Wildman–Crippen LogP) is 3.76. The molecule has 33 heavy (non-hydrogen) atoms. The molecule has 4 aromatic rings. The molecule has 4 rings (SSSR count). The number of aliphatic hydroxyl groups is 2. The summed E-state index contributed by atoms with van der Waals surface area (Å²) in [5.74, 6) is 0. The van der Waals surface area contributed by atoms with Crippen LogP contribution in [-0.2, 0) is 0 Å². The summed E-state index contributed by atoms with van der Waals surface area (Å²) in [5, 5.41) is 26.0. The number of nitrogens with two attached hydrogens (primary N) is 1. The van der Waals surface area contributed by atoms with Crippen molar-refractivity contribution in [3.05, 3.63) is 90.8 Å². The summed E-state index contributed by atoms with van der Waals surface area (Å²) < 4.78 is 3.39. The van der Waals surface area contributed by atoms with Crippen LogP contribution in [0, 0.1) is 0 Å². The van der Waals surface area contributed by atoms with Crippen LogP contribution in [0.4, 0.5) is 5.69 Å². The number of nitrogens with one attached hydrogen (secondary N) is 2. The number of hydrogen-bond acceptors (Lipinski definition) is 7. The molecule has 0 amide bonds. The normalized spacial score (nSPS) is 13.2. The van der Waals surface area contributed by atoms with E-state index in [9.17, 15) is 10.2 Å². The molecule has 2 atom stereocenters. The van der Waals surface area contributed by atoms with Gasteiger partial charge in [-0.25, -0.2) is 0 Å². The minimum absolute atomic E-state index is 0.288. The van der Waals surface area contributed by atoms with Gasteiger partial charge < -0.3 is 21.3 Å². The lowest BCUT2D eigenvalue weighted by atomic mass is 10.0. The molecule has 6 nitrogen and oxygen atoms in total. The van der Waals surface area contributed by atoms with Crippen molar-refractivity contribution >= 4 is 28.4 Å². The number of nitrogens with zero attached hydrogens (tertiary/aromatic N) is 1. The van der Waals surface area contributed by atoms with Gasteiger partial charge >= 0.3 is 0 Å². The molecular formula is C26H28N4O2S. The van der Waals surface area contributed by atoms with Crippen LogP contribution in [0.15, 0.2) is 90.1 Å². The molecule has 0 saturated heterocycles. The fraction of sp³-hybridized carbons (Fsp3) is 0.192. The van der Waals surface area contributed by atoms with Gasteiger partial charge in [0.05, 0.1) is 6.10 Å². The van der Waals surface area contributed by atoms with Crippen LogP contribution in [-0.4, -0.2) is 40.9 Å². The maximum absolute atomic E-state index is 10.3. The number of fused-ring (bicyclic) bond motifs is 1. The number of pyridine rings is 1. The molecule has 1 heterocycles. The molecule has 3 aromatic carbocycles. The SMILES string of the molecule is Nc1ccc(C(O)C(O)CNCCNSc2cc(-c3ccccc3)cc3cnccc23)cc1. The Bertz CT molecular complexity index is 1170. The minimum Gasteiger partial charge on any atom is -0.399 e. The lowest BCUT2D eigenvalue weighted by molar-refractivity contribution is 0.0193. The van der Waals surface area contributed by atoms with Gasteiger partial charge in [-0.1, -0.05) is 42.5 Å². The number of nitrogen functional groups attached to an aromatic ring is 1. The Balaban J connectivity index is 1.30. The Hall–Kier alpha value is -2.94. The fourth-order valence-electron chi connectivity index (χ4n) is 3.60. The predicted molar refractivity (Wildman–Crippen MR) is 136 cm³/mol. The second kappa shape index (κ2) is 11.3. The Labute approximate surface area is 198 Å². The molecular weight excluding hydrogens is 432 g/mol. The van der Waals surface area contributed by atoms with Crippen molar-refractivity contribution in [3.63, 3.8) is 0 Å². The first-order valence-electron chi connectivity index (χ1n) is 10.9. The van der Waals surface area contributed by atoms with E-state index in [1.54, 1.807) is 36.2 Å². The number of aliphatic hydroxyl groups excluding tert-OH is 2. The van der Waals surface area contributed by atoms with Crippen LogP contribution in [0.25, 0.3) is 21.9 Å². The van der Waals surface area contributed by atoms with Gasteiger partial charge in [-0.3, -0.25) is 9.71 Å².